The maximum absolute atomic E-state index is 12.6. The molecule has 0 aliphatic carbocycles. The van der Waals surface area contributed by atoms with Crippen LogP contribution in [0.3, 0.4) is 0 Å². The molecule has 0 bridgehead atoms. The van der Waals surface area contributed by atoms with E-state index in [0.717, 1.165) is 17.4 Å². The molecule has 0 radical (unpaired) electrons. The van der Waals surface area contributed by atoms with Crippen molar-refractivity contribution < 1.29 is 47.5 Å². The molecule has 0 unspecified atom stereocenters. The van der Waals surface area contributed by atoms with Gasteiger partial charge in [0.1, 0.15) is 22.8 Å². The van der Waals surface area contributed by atoms with Crippen molar-refractivity contribution in [3.8, 4) is 11.5 Å². The Balaban J connectivity index is 1.87. The molecule has 16 heteroatoms. The summed E-state index contributed by atoms with van der Waals surface area (Å²) in [5.74, 6) is -5.04. The molecule has 1 aliphatic rings. The molecule has 2 heterocycles. The minimum atomic E-state index is -5.07. The predicted octanol–water partition coefficient (Wildman–Crippen LogP) is 0.640. The summed E-state index contributed by atoms with van der Waals surface area (Å²) < 4.78 is 46.6. The zero-order valence-corrected chi connectivity index (χ0v) is 15.9. The molecule has 0 fully saturated rings. The number of ether oxygens (including phenoxy) is 1. The normalized spacial score (nSPS) is 16.3. The number of alkyl halides is 3. The molecule has 3 rings (SSSR count). The quantitative estimate of drug-likeness (QED) is 0.185. The zero-order chi connectivity index (χ0) is 22.9. The van der Waals surface area contributed by atoms with Crippen molar-refractivity contribution in [2.75, 3.05) is 5.73 Å². The second kappa shape index (κ2) is 8.31. The number of halogens is 3. The lowest BCUT2D eigenvalue weighted by Gasteiger charge is -2.29. The number of carbonyl (C=O) groups is 2. The number of fused-ring (bicyclic) bond motifs is 1. The lowest BCUT2D eigenvalue weighted by Crippen LogP contribution is -2.54. The summed E-state index contributed by atoms with van der Waals surface area (Å²) in [4.78, 5) is 27.6. The summed E-state index contributed by atoms with van der Waals surface area (Å²) in [7, 11) is -1.76. The summed E-state index contributed by atoms with van der Waals surface area (Å²) >= 11 is 0.972. The fourth-order valence-corrected chi connectivity index (χ4v) is 3.36. The maximum Gasteiger partial charge on any atom is 0.573 e. The van der Waals surface area contributed by atoms with Gasteiger partial charge in [0.15, 0.2) is 10.8 Å². The van der Waals surface area contributed by atoms with Gasteiger partial charge < -0.3 is 35.8 Å². The second-order valence-electron chi connectivity index (χ2n) is 6.12. The second-order valence-corrected chi connectivity index (χ2v) is 7.01. The highest BCUT2D eigenvalue weighted by Crippen LogP contribution is 2.36. The SMILES string of the molecule is Nc1nc(/C(=N/O)C(=O)N[C@H]2Cc3cc(OC(F)(F)F)cc(C(=O)O)c3OB2O)cs1. The zero-order valence-electron chi connectivity index (χ0n) is 15.1. The van der Waals surface area contributed by atoms with E-state index in [1.54, 1.807) is 0 Å². The highest BCUT2D eigenvalue weighted by Gasteiger charge is 2.40. The number of thiazole rings is 1. The first-order valence-corrected chi connectivity index (χ1v) is 9.11. The van der Waals surface area contributed by atoms with Crippen molar-refractivity contribution in [3.05, 3.63) is 34.3 Å². The molecule has 1 aliphatic heterocycles. The number of carboxylic acids is 1. The summed E-state index contributed by atoms with van der Waals surface area (Å²) in [5.41, 5.74) is 4.13. The standard InChI is InChI=1S/C15H12BF3N4O7S/c17-15(18,19)29-6-1-5-2-9(16(27)30-11(5)7(3-6)13(25)26)22-12(24)10(23-28)8-4-31-14(20)21-8/h1,3-4,9,27-28H,2H2,(H2,20,21)(H,22,24)(H,25,26)/b23-10-/t9-/m0/s1. The number of nitrogens with one attached hydrogen (secondary N) is 1. The van der Waals surface area contributed by atoms with Crippen LogP contribution in [0.25, 0.3) is 0 Å². The van der Waals surface area contributed by atoms with Gasteiger partial charge in [-0.2, -0.15) is 0 Å². The molecule has 1 aromatic heterocycles. The number of benzene rings is 1. The molecule has 6 N–H and O–H groups in total. The average Bonchev–Trinajstić information content (AvgIpc) is 3.07. The van der Waals surface area contributed by atoms with Crippen LogP contribution in [0.4, 0.5) is 18.3 Å². The Bertz CT molecular complexity index is 1060. The number of aromatic carboxylic acids is 1. The number of amides is 1. The first-order chi connectivity index (χ1) is 14.5. The van der Waals surface area contributed by atoms with E-state index >= 15 is 0 Å². The van der Waals surface area contributed by atoms with Crippen molar-refractivity contribution in [1.29, 1.82) is 0 Å². The van der Waals surface area contributed by atoms with Crippen LogP contribution >= 0.6 is 11.3 Å². The smallest absolute Gasteiger partial charge is 0.534 e. The van der Waals surface area contributed by atoms with Gasteiger partial charge in [-0.3, -0.25) is 4.79 Å². The van der Waals surface area contributed by atoms with Crippen LogP contribution in [0.2, 0.25) is 0 Å². The van der Waals surface area contributed by atoms with Crippen LogP contribution in [0.15, 0.2) is 22.7 Å². The van der Waals surface area contributed by atoms with E-state index in [-0.39, 0.29) is 28.6 Å². The third-order valence-electron chi connectivity index (χ3n) is 4.02. The number of nitrogens with zero attached hydrogens (tertiary/aromatic N) is 2. The summed E-state index contributed by atoms with van der Waals surface area (Å²) in [5, 5.41) is 35.1. The van der Waals surface area contributed by atoms with Gasteiger partial charge in [-0.25, -0.2) is 9.78 Å². The van der Waals surface area contributed by atoms with Crippen molar-refractivity contribution in [2.45, 2.75) is 18.7 Å². The first-order valence-electron chi connectivity index (χ1n) is 8.23. The summed E-state index contributed by atoms with van der Waals surface area (Å²) in [6.45, 7) is 0. The number of nitrogen functional groups attached to an aromatic ring is 1. The number of anilines is 1. The third kappa shape index (κ3) is 4.97. The fourth-order valence-electron chi connectivity index (χ4n) is 2.81. The van der Waals surface area contributed by atoms with Crippen LogP contribution in [-0.4, -0.2) is 57.3 Å². The van der Waals surface area contributed by atoms with Gasteiger partial charge in [-0.1, -0.05) is 5.16 Å². The number of hydrogen-bond donors (Lipinski definition) is 5. The van der Waals surface area contributed by atoms with Gasteiger partial charge >= 0.3 is 19.5 Å². The van der Waals surface area contributed by atoms with Crippen LogP contribution in [0, 0.1) is 0 Å². The highest BCUT2D eigenvalue weighted by atomic mass is 32.1. The average molecular weight is 460 g/mol. The molecule has 2 aromatic rings. The minimum Gasteiger partial charge on any atom is -0.534 e. The molecule has 164 valence electrons. The van der Waals surface area contributed by atoms with Gasteiger partial charge in [0.25, 0.3) is 5.91 Å². The Kier molecular flexibility index (Phi) is 5.94. The van der Waals surface area contributed by atoms with E-state index in [2.05, 4.69) is 20.2 Å². The Hall–Kier alpha value is -3.53. The van der Waals surface area contributed by atoms with Crippen molar-refractivity contribution in [2.24, 2.45) is 5.16 Å². The van der Waals surface area contributed by atoms with Gasteiger partial charge in [0, 0.05) is 5.38 Å². The molecule has 1 aromatic carbocycles. The van der Waals surface area contributed by atoms with E-state index in [1.807, 2.05) is 0 Å². The number of aromatic nitrogens is 1. The van der Waals surface area contributed by atoms with Crippen LogP contribution in [-0.2, 0) is 11.2 Å². The third-order valence-corrected chi connectivity index (χ3v) is 4.70. The van der Waals surface area contributed by atoms with Gasteiger partial charge in [0.05, 0.1) is 5.94 Å². The molecule has 11 nitrogen and oxygen atoms in total. The molecule has 0 saturated carbocycles. The van der Waals surface area contributed by atoms with E-state index in [0.29, 0.717) is 6.07 Å². The van der Waals surface area contributed by atoms with Crippen molar-refractivity contribution in [3.63, 3.8) is 0 Å². The minimum absolute atomic E-state index is 0.0526. The molecular formula is C15H12BF3N4O7S. The lowest BCUT2D eigenvalue weighted by atomic mass is 9.72. The molecule has 0 saturated heterocycles. The Morgan fingerprint density at radius 3 is 2.68 bits per heavy atom. The summed E-state index contributed by atoms with van der Waals surface area (Å²) in [6, 6.07) is 1.48. The monoisotopic (exact) mass is 460 g/mol. The topological polar surface area (TPSA) is 177 Å². The molecule has 0 spiro atoms. The van der Waals surface area contributed by atoms with Crippen molar-refractivity contribution in [1.82, 2.24) is 10.3 Å². The lowest BCUT2D eigenvalue weighted by molar-refractivity contribution is -0.274. The van der Waals surface area contributed by atoms with E-state index in [4.69, 9.17) is 15.6 Å². The van der Waals surface area contributed by atoms with Gasteiger partial charge in [0.2, 0.25) is 0 Å². The fraction of sp³-hybridized carbons (Fsp3) is 0.200. The maximum atomic E-state index is 12.6. The first kappa shape index (κ1) is 22.2. The number of oxime groups is 1. The predicted molar refractivity (Wildman–Crippen MR) is 99.2 cm³/mol. The molecule has 1 amide bonds. The Morgan fingerprint density at radius 1 is 1.42 bits per heavy atom. The largest absolute Gasteiger partial charge is 0.573 e. The number of carboxylic acid groups (broad SMARTS) is 1. The summed E-state index contributed by atoms with van der Waals surface area (Å²) in [6.07, 6.45) is -5.40. The Labute approximate surface area is 175 Å². The number of rotatable bonds is 5. The highest BCUT2D eigenvalue weighted by molar-refractivity contribution is 7.13. The van der Waals surface area contributed by atoms with Crippen LogP contribution in [0.5, 0.6) is 11.5 Å². The van der Waals surface area contributed by atoms with E-state index in [1.165, 1.54) is 5.38 Å². The van der Waals surface area contributed by atoms with Crippen molar-refractivity contribution >= 4 is 41.2 Å². The molecular weight excluding hydrogens is 448 g/mol. The number of nitrogens with two attached hydrogens (primary N) is 1. The van der Waals surface area contributed by atoms with E-state index < -0.39 is 48.3 Å². The van der Waals surface area contributed by atoms with Crippen LogP contribution in [0.1, 0.15) is 21.6 Å². The van der Waals surface area contributed by atoms with Gasteiger partial charge in [-0.15, -0.1) is 24.5 Å². The number of hydrogen-bond acceptors (Lipinski definition) is 10. The van der Waals surface area contributed by atoms with Crippen LogP contribution < -0.4 is 20.4 Å². The molecule has 31 heavy (non-hydrogen) atoms. The van der Waals surface area contributed by atoms with Gasteiger partial charge in [-0.05, 0) is 24.1 Å². The van der Waals surface area contributed by atoms with E-state index in [9.17, 15) is 32.9 Å². The number of carbonyl (C=O) groups excluding carboxylic acids is 1. The molecule has 1 atom stereocenters. The Morgan fingerprint density at radius 2 is 2.13 bits per heavy atom.